The van der Waals surface area contributed by atoms with Crippen molar-refractivity contribution in [3.63, 3.8) is 0 Å². The van der Waals surface area contributed by atoms with E-state index in [1.807, 2.05) is 11.8 Å². The summed E-state index contributed by atoms with van der Waals surface area (Å²) >= 11 is 1.98. The van der Waals surface area contributed by atoms with Crippen molar-refractivity contribution in [3.8, 4) is 0 Å². The molecule has 2 heteroatoms. The van der Waals surface area contributed by atoms with E-state index in [9.17, 15) is 0 Å². The molecule has 0 amide bonds. The van der Waals surface area contributed by atoms with Crippen molar-refractivity contribution >= 4 is 11.8 Å². The third-order valence-electron chi connectivity index (χ3n) is 2.70. The summed E-state index contributed by atoms with van der Waals surface area (Å²) in [6, 6.07) is 9.36. The average molecular weight is 207 g/mol. The number of benzene rings is 1. The molecular formula is C12H17NS. The molecule has 1 aromatic carbocycles. The van der Waals surface area contributed by atoms with Gasteiger partial charge in [-0.2, -0.15) is 0 Å². The van der Waals surface area contributed by atoms with Crippen LogP contribution in [-0.4, -0.2) is 18.3 Å². The highest BCUT2D eigenvalue weighted by atomic mass is 32.2. The minimum absolute atomic E-state index is 0.736. The zero-order valence-corrected chi connectivity index (χ0v) is 9.44. The summed E-state index contributed by atoms with van der Waals surface area (Å²) in [5.74, 6) is 1.21. The summed E-state index contributed by atoms with van der Waals surface area (Å²) in [7, 11) is 0. The summed E-state index contributed by atoms with van der Waals surface area (Å²) < 4.78 is 0. The zero-order chi connectivity index (χ0) is 9.80. The van der Waals surface area contributed by atoms with Crippen molar-refractivity contribution in [2.75, 3.05) is 12.3 Å². The fraction of sp³-hybridized carbons (Fsp3) is 0.500. The number of hydrogen-bond donors (Lipinski definition) is 1. The first-order chi connectivity index (χ1) is 6.86. The van der Waals surface area contributed by atoms with Gasteiger partial charge in [0.05, 0.1) is 0 Å². The molecule has 1 aliphatic rings. The molecule has 1 N–H and O–H groups in total. The smallest absolute Gasteiger partial charge is 0.0162 e. The predicted molar refractivity (Wildman–Crippen MR) is 62.9 cm³/mol. The largest absolute Gasteiger partial charge is 0.313 e. The van der Waals surface area contributed by atoms with E-state index in [0.717, 1.165) is 6.04 Å². The molecule has 76 valence electrons. The maximum atomic E-state index is 3.53. The lowest BCUT2D eigenvalue weighted by molar-refractivity contribution is 0.674. The highest BCUT2D eigenvalue weighted by molar-refractivity contribution is 7.99. The highest BCUT2D eigenvalue weighted by Crippen LogP contribution is 2.24. The van der Waals surface area contributed by atoms with Gasteiger partial charge in [0.2, 0.25) is 0 Å². The SMILES string of the molecule is Cc1ccccc1SCC1CCCN1. The van der Waals surface area contributed by atoms with Crippen molar-refractivity contribution in [2.24, 2.45) is 0 Å². The monoisotopic (exact) mass is 207 g/mol. The molecule has 1 atom stereocenters. The van der Waals surface area contributed by atoms with Crippen LogP contribution in [0.5, 0.6) is 0 Å². The van der Waals surface area contributed by atoms with E-state index in [-0.39, 0.29) is 0 Å². The van der Waals surface area contributed by atoms with Crippen LogP contribution in [0, 0.1) is 6.92 Å². The number of aryl methyl sites for hydroxylation is 1. The summed E-state index contributed by atoms with van der Waals surface area (Å²) in [4.78, 5) is 1.43. The fourth-order valence-corrected chi connectivity index (χ4v) is 2.94. The van der Waals surface area contributed by atoms with Gasteiger partial charge in [-0.25, -0.2) is 0 Å². The lowest BCUT2D eigenvalue weighted by atomic mass is 10.2. The molecule has 0 aromatic heterocycles. The Hall–Kier alpha value is -0.470. The van der Waals surface area contributed by atoms with Crippen LogP contribution in [-0.2, 0) is 0 Å². The molecule has 1 aromatic rings. The Morgan fingerprint density at radius 1 is 1.43 bits per heavy atom. The van der Waals surface area contributed by atoms with Gasteiger partial charge in [-0.1, -0.05) is 18.2 Å². The Bertz CT molecular complexity index is 292. The lowest BCUT2D eigenvalue weighted by Crippen LogP contribution is -2.23. The molecule has 1 nitrogen and oxygen atoms in total. The first kappa shape index (κ1) is 10.1. The summed E-state index contributed by atoms with van der Waals surface area (Å²) in [6.07, 6.45) is 2.69. The second-order valence-corrected chi connectivity index (χ2v) is 4.93. The van der Waals surface area contributed by atoms with E-state index in [4.69, 9.17) is 0 Å². The Morgan fingerprint density at radius 2 is 2.29 bits per heavy atom. The molecular weight excluding hydrogens is 190 g/mol. The average Bonchev–Trinajstić information content (AvgIpc) is 2.69. The van der Waals surface area contributed by atoms with E-state index in [1.54, 1.807) is 0 Å². The van der Waals surface area contributed by atoms with Crippen LogP contribution in [0.3, 0.4) is 0 Å². The molecule has 1 saturated heterocycles. The van der Waals surface area contributed by atoms with Gasteiger partial charge in [-0.3, -0.25) is 0 Å². The summed E-state index contributed by atoms with van der Waals surface area (Å²) in [5.41, 5.74) is 1.40. The zero-order valence-electron chi connectivity index (χ0n) is 8.62. The quantitative estimate of drug-likeness (QED) is 0.765. The van der Waals surface area contributed by atoms with Crippen LogP contribution in [0.15, 0.2) is 29.2 Å². The lowest BCUT2D eigenvalue weighted by Gasteiger charge is -2.10. The topological polar surface area (TPSA) is 12.0 Å². The predicted octanol–water partition coefficient (Wildman–Crippen LogP) is 2.84. The normalized spacial score (nSPS) is 21.4. The van der Waals surface area contributed by atoms with Crippen LogP contribution in [0.4, 0.5) is 0 Å². The third-order valence-corrected chi connectivity index (χ3v) is 4.03. The van der Waals surface area contributed by atoms with Gasteiger partial charge in [-0.05, 0) is 37.9 Å². The molecule has 0 radical (unpaired) electrons. The number of nitrogens with one attached hydrogen (secondary N) is 1. The van der Waals surface area contributed by atoms with Gasteiger partial charge < -0.3 is 5.32 Å². The van der Waals surface area contributed by atoms with E-state index >= 15 is 0 Å². The van der Waals surface area contributed by atoms with Gasteiger partial charge in [0, 0.05) is 16.7 Å². The molecule has 0 bridgehead atoms. The molecule has 0 saturated carbocycles. The standard InChI is InChI=1S/C12H17NS/c1-10-5-2-3-7-12(10)14-9-11-6-4-8-13-11/h2-3,5,7,11,13H,4,6,8-9H2,1H3. The number of rotatable bonds is 3. The Labute approximate surface area is 90.3 Å². The minimum Gasteiger partial charge on any atom is -0.313 e. The van der Waals surface area contributed by atoms with Gasteiger partial charge in [-0.15, -0.1) is 11.8 Å². The molecule has 0 aliphatic carbocycles. The summed E-state index contributed by atoms with van der Waals surface area (Å²) in [6.45, 7) is 3.39. The van der Waals surface area contributed by atoms with Crippen LogP contribution in [0.25, 0.3) is 0 Å². The van der Waals surface area contributed by atoms with Gasteiger partial charge in [0.15, 0.2) is 0 Å². The van der Waals surface area contributed by atoms with E-state index < -0.39 is 0 Å². The van der Waals surface area contributed by atoms with E-state index in [0.29, 0.717) is 0 Å². The molecule has 0 spiro atoms. The summed E-state index contributed by atoms with van der Waals surface area (Å²) in [5, 5.41) is 3.53. The van der Waals surface area contributed by atoms with Crippen molar-refractivity contribution in [1.82, 2.24) is 5.32 Å². The Kier molecular flexibility index (Phi) is 3.49. The van der Waals surface area contributed by atoms with Gasteiger partial charge in [0.1, 0.15) is 0 Å². The Balaban J connectivity index is 1.88. The van der Waals surface area contributed by atoms with Crippen molar-refractivity contribution in [1.29, 1.82) is 0 Å². The van der Waals surface area contributed by atoms with E-state index in [1.165, 1.54) is 35.6 Å². The first-order valence-corrected chi connectivity index (χ1v) is 6.26. The van der Waals surface area contributed by atoms with E-state index in [2.05, 4.69) is 36.5 Å². The number of thioether (sulfide) groups is 1. The molecule has 14 heavy (non-hydrogen) atoms. The van der Waals surface area contributed by atoms with Crippen molar-refractivity contribution in [2.45, 2.75) is 30.7 Å². The van der Waals surface area contributed by atoms with Crippen molar-refractivity contribution < 1.29 is 0 Å². The minimum atomic E-state index is 0.736. The maximum absolute atomic E-state index is 3.53. The van der Waals surface area contributed by atoms with Crippen LogP contribution >= 0.6 is 11.8 Å². The molecule has 2 rings (SSSR count). The van der Waals surface area contributed by atoms with Crippen LogP contribution < -0.4 is 5.32 Å². The molecule has 1 unspecified atom stereocenters. The number of hydrogen-bond acceptors (Lipinski definition) is 2. The van der Waals surface area contributed by atoms with Gasteiger partial charge >= 0.3 is 0 Å². The molecule has 1 fully saturated rings. The highest BCUT2D eigenvalue weighted by Gasteiger charge is 2.13. The Morgan fingerprint density at radius 3 is 3.00 bits per heavy atom. The van der Waals surface area contributed by atoms with Gasteiger partial charge in [0.25, 0.3) is 0 Å². The third kappa shape index (κ3) is 2.52. The first-order valence-electron chi connectivity index (χ1n) is 5.28. The fourth-order valence-electron chi connectivity index (χ4n) is 1.81. The maximum Gasteiger partial charge on any atom is 0.0162 e. The molecule has 1 heterocycles. The van der Waals surface area contributed by atoms with Crippen LogP contribution in [0.2, 0.25) is 0 Å². The van der Waals surface area contributed by atoms with Crippen molar-refractivity contribution in [3.05, 3.63) is 29.8 Å². The second-order valence-electron chi connectivity index (χ2n) is 3.87. The molecule has 1 aliphatic heterocycles. The van der Waals surface area contributed by atoms with Crippen LogP contribution in [0.1, 0.15) is 18.4 Å². The second kappa shape index (κ2) is 4.85.